The molecule has 1 aromatic carbocycles. The van der Waals surface area contributed by atoms with Gasteiger partial charge in [-0.3, -0.25) is 9.78 Å². The zero-order chi connectivity index (χ0) is 13.0. The van der Waals surface area contributed by atoms with E-state index >= 15 is 0 Å². The average molecular weight is 261 g/mol. The number of benzene rings is 1. The summed E-state index contributed by atoms with van der Waals surface area (Å²) in [7, 11) is 0. The monoisotopic (exact) mass is 261 g/mol. The van der Waals surface area contributed by atoms with Gasteiger partial charge < -0.3 is 16.4 Å². The predicted octanol–water partition coefficient (Wildman–Crippen LogP) is 1.16. The first-order valence-corrected chi connectivity index (χ1v) is 5.54. The van der Waals surface area contributed by atoms with Gasteiger partial charge in [0.15, 0.2) is 5.11 Å². The maximum atomic E-state index is 11.2. The number of nitrogens with zero attached hydrogens (tertiary/aromatic N) is 1. The average Bonchev–Trinajstić information content (AvgIpc) is 2.28. The topological polar surface area (TPSA) is 95.8 Å². The van der Waals surface area contributed by atoms with Crippen LogP contribution in [-0.4, -0.2) is 15.1 Å². The van der Waals surface area contributed by atoms with E-state index in [0.717, 1.165) is 5.69 Å². The molecule has 0 saturated carbocycles. The van der Waals surface area contributed by atoms with Gasteiger partial charge in [0.05, 0.1) is 0 Å². The molecule has 92 valence electrons. The van der Waals surface area contributed by atoms with Gasteiger partial charge in [-0.1, -0.05) is 18.2 Å². The number of anilines is 3. The van der Waals surface area contributed by atoms with Crippen molar-refractivity contribution in [3.05, 3.63) is 46.8 Å². The normalized spacial score (nSPS) is 9.78. The second-order valence-electron chi connectivity index (χ2n) is 3.46. The van der Waals surface area contributed by atoms with Crippen LogP contribution in [0.5, 0.6) is 0 Å². The Balaban J connectivity index is 2.05. The number of aromatic amines is 1. The van der Waals surface area contributed by atoms with Crippen molar-refractivity contribution in [1.29, 1.82) is 0 Å². The number of aromatic nitrogens is 2. The molecular formula is C11H11N5OS. The van der Waals surface area contributed by atoms with Crippen molar-refractivity contribution in [3.63, 3.8) is 0 Å². The van der Waals surface area contributed by atoms with Crippen LogP contribution in [0.4, 0.5) is 17.5 Å². The second kappa shape index (κ2) is 5.28. The molecule has 0 unspecified atom stereocenters. The lowest BCUT2D eigenvalue weighted by molar-refractivity contribution is 1.14. The predicted molar refractivity (Wildman–Crippen MR) is 75.6 cm³/mol. The number of thiocarbonyl (C=S) groups is 1. The van der Waals surface area contributed by atoms with E-state index in [-0.39, 0.29) is 11.5 Å². The molecule has 1 heterocycles. The molecular weight excluding hydrogens is 250 g/mol. The molecule has 6 nitrogen and oxygen atoms in total. The van der Waals surface area contributed by atoms with E-state index in [2.05, 4.69) is 20.6 Å². The van der Waals surface area contributed by atoms with Crippen LogP contribution in [0.15, 0.2) is 41.2 Å². The van der Waals surface area contributed by atoms with Crippen molar-refractivity contribution in [2.24, 2.45) is 0 Å². The Morgan fingerprint density at radius 2 is 2.00 bits per heavy atom. The lowest BCUT2D eigenvalue weighted by Crippen LogP contribution is -2.22. The van der Waals surface area contributed by atoms with Crippen molar-refractivity contribution < 1.29 is 0 Å². The zero-order valence-corrected chi connectivity index (χ0v) is 10.1. The summed E-state index contributed by atoms with van der Waals surface area (Å²) in [5, 5.41) is 6.07. The Labute approximate surface area is 108 Å². The number of nitrogen functional groups attached to an aromatic ring is 1. The van der Waals surface area contributed by atoms with Crippen LogP contribution in [0.2, 0.25) is 0 Å². The van der Waals surface area contributed by atoms with Crippen LogP contribution in [0.25, 0.3) is 0 Å². The third kappa shape index (κ3) is 3.29. The Kier molecular flexibility index (Phi) is 3.54. The number of nitrogens with two attached hydrogens (primary N) is 1. The molecule has 7 heteroatoms. The SMILES string of the molecule is Nc1nc(NC(=S)Nc2ccccc2)cc(=O)[nH]1. The van der Waals surface area contributed by atoms with Gasteiger partial charge in [-0.25, -0.2) is 0 Å². The highest BCUT2D eigenvalue weighted by atomic mass is 32.1. The minimum Gasteiger partial charge on any atom is -0.369 e. The number of rotatable bonds is 2. The maximum absolute atomic E-state index is 11.2. The molecule has 5 N–H and O–H groups in total. The largest absolute Gasteiger partial charge is 0.369 e. The van der Waals surface area contributed by atoms with Gasteiger partial charge in [0.25, 0.3) is 5.56 Å². The quantitative estimate of drug-likeness (QED) is 0.606. The summed E-state index contributed by atoms with van der Waals surface area (Å²) in [4.78, 5) is 17.4. The van der Waals surface area contributed by atoms with E-state index in [1.54, 1.807) is 0 Å². The third-order valence-corrected chi connectivity index (χ3v) is 2.24. The van der Waals surface area contributed by atoms with E-state index in [1.807, 2.05) is 30.3 Å². The van der Waals surface area contributed by atoms with Crippen LogP contribution in [0, 0.1) is 0 Å². The summed E-state index contributed by atoms with van der Waals surface area (Å²) in [6, 6.07) is 10.7. The van der Waals surface area contributed by atoms with Gasteiger partial charge in [0.2, 0.25) is 5.95 Å². The van der Waals surface area contributed by atoms with Gasteiger partial charge in [-0.15, -0.1) is 0 Å². The summed E-state index contributed by atoms with van der Waals surface area (Å²) in [5.41, 5.74) is 5.92. The molecule has 1 aromatic heterocycles. The molecule has 2 rings (SSSR count). The Morgan fingerprint density at radius 3 is 2.67 bits per heavy atom. The first-order chi connectivity index (χ1) is 8.63. The van der Waals surface area contributed by atoms with E-state index in [9.17, 15) is 4.79 Å². The Bertz CT molecular complexity index is 610. The minimum atomic E-state index is -0.340. The van der Waals surface area contributed by atoms with Crippen molar-refractivity contribution in [1.82, 2.24) is 9.97 Å². The van der Waals surface area contributed by atoms with Crippen molar-refractivity contribution in [2.45, 2.75) is 0 Å². The molecule has 2 aromatic rings. The van der Waals surface area contributed by atoms with Crippen LogP contribution in [-0.2, 0) is 0 Å². The van der Waals surface area contributed by atoms with Crippen LogP contribution < -0.4 is 21.9 Å². The molecule has 0 atom stereocenters. The molecule has 0 radical (unpaired) electrons. The molecule has 0 amide bonds. The van der Waals surface area contributed by atoms with Gasteiger partial charge in [0.1, 0.15) is 5.82 Å². The third-order valence-electron chi connectivity index (χ3n) is 2.03. The number of hydrogen-bond donors (Lipinski definition) is 4. The first kappa shape index (κ1) is 12.1. The van der Waals surface area contributed by atoms with Gasteiger partial charge in [-0.05, 0) is 24.4 Å². The van der Waals surface area contributed by atoms with Crippen molar-refractivity contribution >= 4 is 34.8 Å². The smallest absolute Gasteiger partial charge is 0.254 e. The second-order valence-corrected chi connectivity index (χ2v) is 3.87. The standard InChI is InChI=1S/C11H11N5OS/c12-10-14-8(6-9(17)16-10)15-11(18)13-7-4-2-1-3-5-7/h1-6H,(H5,12,13,14,15,16,17,18). The number of para-hydroxylation sites is 1. The Morgan fingerprint density at radius 1 is 1.28 bits per heavy atom. The number of H-pyrrole nitrogens is 1. The lowest BCUT2D eigenvalue weighted by atomic mass is 10.3. The van der Waals surface area contributed by atoms with E-state index in [1.165, 1.54) is 6.07 Å². The molecule has 0 fully saturated rings. The van der Waals surface area contributed by atoms with Gasteiger partial charge >= 0.3 is 0 Å². The maximum Gasteiger partial charge on any atom is 0.254 e. The first-order valence-electron chi connectivity index (χ1n) is 5.13. The lowest BCUT2D eigenvalue weighted by Gasteiger charge is -2.09. The molecule has 0 aliphatic rings. The zero-order valence-electron chi connectivity index (χ0n) is 9.31. The summed E-state index contributed by atoms with van der Waals surface area (Å²) in [6.07, 6.45) is 0. The summed E-state index contributed by atoms with van der Waals surface area (Å²) >= 11 is 5.09. The fourth-order valence-electron chi connectivity index (χ4n) is 1.34. The molecule has 0 aliphatic carbocycles. The molecule has 0 aliphatic heterocycles. The van der Waals surface area contributed by atoms with E-state index in [4.69, 9.17) is 18.0 Å². The van der Waals surface area contributed by atoms with Crippen LogP contribution in [0.3, 0.4) is 0 Å². The number of nitrogens with one attached hydrogen (secondary N) is 3. The minimum absolute atomic E-state index is 0.0347. The summed E-state index contributed by atoms with van der Waals surface area (Å²) < 4.78 is 0. The Hall–Kier alpha value is -2.41. The highest BCUT2D eigenvalue weighted by molar-refractivity contribution is 7.80. The van der Waals surface area contributed by atoms with E-state index in [0.29, 0.717) is 10.9 Å². The van der Waals surface area contributed by atoms with E-state index < -0.39 is 0 Å². The fourth-order valence-corrected chi connectivity index (χ4v) is 1.56. The molecule has 18 heavy (non-hydrogen) atoms. The fraction of sp³-hybridized carbons (Fsp3) is 0. The van der Waals surface area contributed by atoms with Gasteiger partial charge in [0, 0.05) is 11.8 Å². The summed E-state index contributed by atoms with van der Waals surface area (Å²) in [5.74, 6) is 0.331. The molecule has 0 saturated heterocycles. The molecule has 0 bridgehead atoms. The molecule has 0 spiro atoms. The highest BCUT2D eigenvalue weighted by Gasteiger charge is 2.01. The highest BCUT2D eigenvalue weighted by Crippen LogP contribution is 2.06. The van der Waals surface area contributed by atoms with Crippen LogP contribution in [0.1, 0.15) is 0 Å². The van der Waals surface area contributed by atoms with Gasteiger partial charge in [-0.2, -0.15) is 4.98 Å². The number of hydrogen-bond acceptors (Lipinski definition) is 4. The van der Waals surface area contributed by atoms with Crippen molar-refractivity contribution in [2.75, 3.05) is 16.4 Å². The van der Waals surface area contributed by atoms with Crippen molar-refractivity contribution in [3.8, 4) is 0 Å². The van der Waals surface area contributed by atoms with Crippen LogP contribution >= 0.6 is 12.2 Å². The summed E-state index contributed by atoms with van der Waals surface area (Å²) in [6.45, 7) is 0.